The lowest BCUT2D eigenvalue weighted by Gasteiger charge is -2.17. The van der Waals surface area contributed by atoms with Crippen LogP contribution in [0, 0.1) is 0 Å². The van der Waals surface area contributed by atoms with Gasteiger partial charge >= 0.3 is 0 Å². The number of hydrogen-bond acceptors (Lipinski definition) is 6. The fourth-order valence-electron chi connectivity index (χ4n) is 1.72. The Labute approximate surface area is 121 Å². The van der Waals surface area contributed by atoms with E-state index in [1.165, 1.54) is 22.6 Å². The summed E-state index contributed by atoms with van der Waals surface area (Å²) in [5.41, 5.74) is 0.519. The van der Waals surface area contributed by atoms with Crippen LogP contribution in [0.25, 0.3) is 0 Å². The van der Waals surface area contributed by atoms with Gasteiger partial charge in [0, 0.05) is 24.6 Å². The monoisotopic (exact) mass is 317 g/mol. The number of aryl methyl sites for hydroxylation is 1. The Balaban J connectivity index is 2.06. The van der Waals surface area contributed by atoms with E-state index in [0.29, 0.717) is 28.6 Å². The number of ether oxygens (including phenoxy) is 1. The molecule has 0 saturated carbocycles. The third-order valence-electron chi connectivity index (χ3n) is 2.54. The van der Waals surface area contributed by atoms with Crippen LogP contribution in [0.15, 0.2) is 23.1 Å². The molecule has 20 heavy (non-hydrogen) atoms. The lowest BCUT2D eigenvalue weighted by atomic mass is 10.4. The molecule has 0 unspecified atom stereocenters. The molecule has 0 saturated heterocycles. The van der Waals surface area contributed by atoms with Gasteiger partial charge in [-0.3, -0.25) is 9.48 Å². The first-order chi connectivity index (χ1) is 9.37. The molecule has 2 rings (SSSR count). The highest BCUT2D eigenvalue weighted by Gasteiger charge is 2.23. The van der Waals surface area contributed by atoms with Crippen LogP contribution < -0.4 is 4.72 Å². The van der Waals surface area contributed by atoms with E-state index < -0.39 is 15.9 Å². The lowest BCUT2D eigenvalue weighted by molar-refractivity contribution is -0.115. The number of nitrogens with zero attached hydrogens (tertiary/aromatic N) is 2. The standard InChI is InChI=1S/C11H15N3O4S2/c1-8-10(19-4-3-18-8)11(15)13-20(16,17)7-9-5-12-14(2)6-9/h5-6H,3-4,7H2,1-2H3,(H,13,15). The highest BCUT2D eigenvalue weighted by Crippen LogP contribution is 2.25. The van der Waals surface area contributed by atoms with Gasteiger partial charge in [0.2, 0.25) is 10.0 Å². The van der Waals surface area contributed by atoms with Gasteiger partial charge in [-0.2, -0.15) is 5.10 Å². The predicted molar refractivity (Wildman–Crippen MR) is 75.1 cm³/mol. The van der Waals surface area contributed by atoms with Gasteiger partial charge in [0.25, 0.3) is 5.91 Å². The largest absolute Gasteiger partial charge is 0.496 e. The van der Waals surface area contributed by atoms with E-state index in [1.54, 1.807) is 20.2 Å². The SMILES string of the molecule is CC1=C(C(=O)NS(=O)(=O)Cc2cnn(C)c2)SCCO1. The number of thioether (sulfide) groups is 1. The Morgan fingerprint density at radius 2 is 2.35 bits per heavy atom. The summed E-state index contributed by atoms with van der Waals surface area (Å²) in [6.07, 6.45) is 3.04. The van der Waals surface area contributed by atoms with Crippen LogP contribution in [0.3, 0.4) is 0 Å². The third kappa shape index (κ3) is 3.76. The Kier molecular flexibility index (Phi) is 4.39. The smallest absolute Gasteiger partial charge is 0.274 e. The molecule has 0 fully saturated rings. The molecular weight excluding hydrogens is 302 g/mol. The Morgan fingerprint density at radius 3 is 2.95 bits per heavy atom. The fourth-order valence-corrected chi connectivity index (χ4v) is 3.64. The summed E-state index contributed by atoms with van der Waals surface area (Å²) in [6, 6.07) is 0. The number of sulfonamides is 1. The van der Waals surface area contributed by atoms with Crippen molar-refractivity contribution in [2.24, 2.45) is 7.05 Å². The molecule has 2 heterocycles. The van der Waals surface area contributed by atoms with Gasteiger partial charge in [-0.15, -0.1) is 11.8 Å². The minimum Gasteiger partial charge on any atom is -0.496 e. The van der Waals surface area contributed by atoms with E-state index in [1.807, 2.05) is 0 Å². The van der Waals surface area contributed by atoms with Crippen molar-refractivity contribution in [3.05, 3.63) is 28.6 Å². The lowest BCUT2D eigenvalue weighted by Crippen LogP contribution is -2.33. The fraction of sp³-hybridized carbons (Fsp3) is 0.455. The molecule has 7 nitrogen and oxygen atoms in total. The van der Waals surface area contributed by atoms with Gasteiger partial charge in [0.05, 0.1) is 18.6 Å². The zero-order valence-corrected chi connectivity index (χ0v) is 12.8. The number of carbonyl (C=O) groups excluding carboxylic acids is 1. The van der Waals surface area contributed by atoms with Crippen molar-refractivity contribution in [2.45, 2.75) is 12.7 Å². The van der Waals surface area contributed by atoms with Crippen molar-refractivity contribution >= 4 is 27.7 Å². The Hall–Kier alpha value is -1.48. The maximum atomic E-state index is 11.9. The number of rotatable bonds is 4. The molecule has 1 N–H and O–H groups in total. The normalized spacial score (nSPS) is 15.9. The Morgan fingerprint density at radius 1 is 1.60 bits per heavy atom. The zero-order valence-electron chi connectivity index (χ0n) is 11.1. The third-order valence-corrected chi connectivity index (χ3v) is 4.88. The highest BCUT2D eigenvalue weighted by molar-refractivity contribution is 8.04. The van der Waals surface area contributed by atoms with Crippen molar-refractivity contribution in [3.63, 3.8) is 0 Å². The molecule has 1 aromatic heterocycles. The summed E-state index contributed by atoms with van der Waals surface area (Å²) in [7, 11) is -2.06. The van der Waals surface area contributed by atoms with Crippen LogP contribution in [-0.2, 0) is 32.4 Å². The van der Waals surface area contributed by atoms with Gasteiger partial charge in [-0.05, 0) is 6.92 Å². The molecule has 110 valence electrons. The maximum absolute atomic E-state index is 11.9. The number of amides is 1. The van der Waals surface area contributed by atoms with Gasteiger partial charge in [-0.25, -0.2) is 13.1 Å². The summed E-state index contributed by atoms with van der Waals surface area (Å²) in [5.74, 6) is 0.152. The van der Waals surface area contributed by atoms with Crippen molar-refractivity contribution in [3.8, 4) is 0 Å². The summed E-state index contributed by atoms with van der Waals surface area (Å²) < 4.78 is 32.6. The van der Waals surface area contributed by atoms with Gasteiger partial charge in [-0.1, -0.05) is 0 Å². The average Bonchev–Trinajstić information content (AvgIpc) is 2.73. The molecule has 1 aliphatic rings. The molecule has 1 aliphatic heterocycles. The quantitative estimate of drug-likeness (QED) is 0.862. The number of hydrogen-bond donors (Lipinski definition) is 1. The highest BCUT2D eigenvalue weighted by atomic mass is 32.2. The van der Waals surface area contributed by atoms with Crippen LogP contribution in [0.1, 0.15) is 12.5 Å². The van der Waals surface area contributed by atoms with Gasteiger partial charge in [0.15, 0.2) is 0 Å². The molecule has 0 radical (unpaired) electrons. The molecule has 0 aromatic carbocycles. The van der Waals surface area contributed by atoms with Crippen LogP contribution >= 0.6 is 11.8 Å². The van der Waals surface area contributed by atoms with E-state index in [2.05, 4.69) is 9.82 Å². The first-order valence-electron chi connectivity index (χ1n) is 5.86. The predicted octanol–water partition coefficient (Wildman–Crippen LogP) is 0.361. The van der Waals surface area contributed by atoms with E-state index in [-0.39, 0.29) is 5.75 Å². The van der Waals surface area contributed by atoms with Gasteiger partial charge < -0.3 is 4.74 Å². The maximum Gasteiger partial charge on any atom is 0.274 e. The summed E-state index contributed by atoms with van der Waals surface area (Å²) >= 11 is 1.29. The summed E-state index contributed by atoms with van der Waals surface area (Å²) in [6.45, 7) is 2.17. The number of carbonyl (C=O) groups is 1. The van der Waals surface area contributed by atoms with Gasteiger partial charge in [0.1, 0.15) is 10.7 Å². The zero-order chi connectivity index (χ0) is 14.8. The van der Waals surface area contributed by atoms with Crippen molar-refractivity contribution in [1.29, 1.82) is 0 Å². The first kappa shape index (κ1) is 14.9. The molecule has 1 amide bonds. The van der Waals surface area contributed by atoms with Crippen LogP contribution in [-0.4, -0.2) is 36.5 Å². The molecule has 9 heteroatoms. The Bertz CT molecular complexity index is 648. The van der Waals surface area contributed by atoms with Crippen molar-refractivity contribution in [2.75, 3.05) is 12.4 Å². The average molecular weight is 317 g/mol. The second kappa shape index (κ2) is 5.88. The van der Waals surface area contributed by atoms with Crippen LogP contribution in [0.4, 0.5) is 0 Å². The van der Waals surface area contributed by atoms with E-state index in [9.17, 15) is 13.2 Å². The molecular formula is C11H15N3O4S2. The molecule has 0 atom stereocenters. The van der Waals surface area contributed by atoms with E-state index in [4.69, 9.17) is 4.74 Å². The van der Waals surface area contributed by atoms with E-state index >= 15 is 0 Å². The molecule has 0 aliphatic carbocycles. The molecule has 0 spiro atoms. The minimum absolute atomic E-state index is 0.287. The topological polar surface area (TPSA) is 90.3 Å². The summed E-state index contributed by atoms with van der Waals surface area (Å²) in [5, 5.41) is 3.89. The minimum atomic E-state index is -3.75. The summed E-state index contributed by atoms with van der Waals surface area (Å²) in [4.78, 5) is 12.3. The van der Waals surface area contributed by atoms with Crippen LogP contribution in [0.2, 0.25) is 0 Å². The van der Waals surface area contributed by atoms with Crippen molar-refractivity contribution in [1.82, 2.24) is 14.5 Å². The van der Waals surface area contributed by atoms with E-state index in [0.717, 1.165) is 0 Å². The second-order valence-corrected chi connectivity index (χ2v) is 7.12. The first-order valence-corrected chi connectivity index (χ1v) is 8.50. The van der Waals surface area contributed by atoms with Crippen LogP contribution in [0.5, 0.6) is 0 Å². The number of aromatic nitrogens is 2. The number of nitrogens with one attached hydrogen (secondary N) is 1. The number of allylic oxidation sites excluding steroid dienone is 1. The molecule has 1 aromatic rings. The molecule has 0 bridgehead atoms. The second-order valence-electron chi connectivity index (χ2n) is 4.29. The van der Waals surface area contributed by atoms with Crippen molar-refractivity contribution < 1.29 is 17.9 Å².